The van der Waals surface area contributed by atoms with Gasteiger partial charge in [0.25, 0.3) is 0 Å². The van der Waals surface area contributed by atoms with Crippen LogP contribution < -0.4 is 0 Å². The van der Waals surface area contributed by atoms with Gasteiger partial charge in [0.15, 0.2) is 11.5 Å². The fraction of sp³-hybridized carbons (Fsp3) is 0.0645. The second-order valence-electron chi connectivity index (χ2n) is 8.81. The van der Waals surface area contributed by atoms with Crippen molar-refractivity contribution in [2.45, 2.75) is 13.8 Å². The summed E-state index contributed by atoms with van der Waals surface area (Å²) in [5.41, 5.74) is 6.57. The number of aryl methyl sites for hydroxylation is 2. The molecule has 0 radical (unpaired) electrons. The summed E-state index contributed by atoms with van der Waals surface area (Å²) in [5, 5.41) is 12.0. The lowest BCUT2D eigenvalue weighted by Gasteiger charge is -2.14. The maximum atomic E-state index is 9.79. The van der Waals surface area contributed by atoms with Gasteiger partial charge < -0.3 is 4.57 Å². The number of hydrogen-bond acceptors (Lipinski definition) is 4. The van der Waals surface area contributed by atoms with Gasteiger partial charge in [-0.15, -0.1) is 0 Å². The van der Waals surface area contributed by atoms with Gasteiger partial charge in [-0.05, 0) is 55.3 Å². The van der Waals surface area contributed by atoms with Crippen LogP contribution in [-0.4, -0.2) is 19.5 Å². The van der Waals surface area contributed by atoms with Crippen molar-refractivity contribution in [3.05, 3.63) is 114 Å². The molecular weight excluding hydrogens is 456 g/mol. The average Bonchev–Trinajstić information content (AvgIpc) is 3.25. The van der Waals surface area contributed by atoms with Crippen molar-refractivity contribution in [2.75, 3.05) is 0 Å². The number of nitriles is 1. The quantitative estimate of drug-likeness (QED) is 0.251. The standard InChI is InChI=1S/C31H20N6/c1-19-34-20(2)36-31(35-19)27-9-5-7-11-29(27)37-28-10-6-4-8-25(28)26-14-12-21(17-30(26)37)24-15-13-23(33-3)16-22(24)18-32/h4-17H,1-2H3. The molecule has 4 aromatic carbocycles. The molecular formula is C31H20N6. The Morgan fingerprint density at radius 2 is 1.49 bits per heavy atom. The Morgan fingerprint density at radius 1 is 0.757 bits per heavy atom. The van der Waals surface area contributed by atoms with Gasteiger partial charge in [-0.2, -0.15) is 5.26 Å². The lowest BCUT2D eigenvalue weighted by molar-refractivity contribution is 0.927. The maximum Gasteiger partial charge on any atom is 0.188 e. The predicted molar refractivity (Wildman–Crippen MR) is 145 cm³/mol. The van der Waals surface area contributed by atoms with Gasteiger partial charge in [-0.3, -0.25) is 0 Å². The topological polar surface area (TPSA) is 71.8 Å². The summed E-state index contributed by atoms with van der Waals surface area (Å²) >= 11 is 0. The molecule has 0 saturated carbocycles. The van der Waals surface area contributed by atoms with E-state index in [2.05, 4.69) is 60.8 Å². The van der Waals surface area contributed by atoms with Crippen molar-refractivity contribution in [3.63, 3.8) is 0 Å². The van der Waals surface area contributed by atoms with Gasteiger partial charge in [0.05, 0.1) is 29.4 Å². The molecule has 6 nitrogen and oxygen atoms in total. The van der Waals surface area contributed by atoms with Crippen LogP contribution in [0.3, 0.4) is 0 Å². The average molecular weight is 477 g/mol. The molecule has 37 heavy (non-hydrogen) atoms. The van der Waals surface area contributed by atoms with Crippen molar-refractivity contribution >= 4 is 27.5 Å². The Bertz CT molecular complexity index is 1910. The van der Waals surface area contributed by atoms with Gasteiger partial charge in [-0.25, -0.2) is 19.8 Å². The highest BCUT2D eigenvalue weighted by Crippen LogP contribution is 2.38. The summed E-state index contributed by atoms with van der Waals surface area (Å²) in [4.78, 5) is 17.1. The number of nitrogens with zero attached hydrogens (tertiary/aromatic N) is 6. The summed E-state index contributed by atoms with van der Waals surface area (Å²) in [6, 6.07) is 30.2. The van der Waals surface area contributed by atoms with Crippen LogP contribution in [0, 0.1) is 31.8 Å². The molecule has 6 heteroatoms. The summed E-state index contributed by atoms with van der Waals surface area (Å²) in [6.07, 6.45) is 0. The van der Waals surface area contributed by atoms with Crippen molar-refractivity contribution in [3.8, 4) is 34.3 Å². The lowest BCUT2D eigenvalue weighted by Crippen LogP contribution is -2.03. The van der Waals surface area contributed by atoms with Gasteiger partial charge in [0, 0.05) is 21.9 Å². The Hall–Kier alpha value is -5.33. The lowest BCUT2D eigenvalue weighted by atomic mass is 9.98. The van der Waals surface area contributed by atoms with Crippen LogP contribution in [-0.2, 0) is 0 Å². The highest BCUT2D eigenvalue weighted by Gasteiger charge is 2.18. The van der Waals surface area contributed by atoms with E-state index in [4.69, 9.17) is 6.57 Å². The molecule has 2 aromatic heterocycles. The summed E-state index contributed by atoms with van der Waals surface area (Å²) < 4.78 is 2.23. The molecule has 0 N–H and O–H groups in total. The van der Waals surface area contributed by atoms with Crippen LogP contribution in [0.2, 0.25) is 0 Å². The Kier molecular flexibility index (Phi) is 5.22. The number of rotatable bonds is 3. The van der Waals surface area contributed by atoms with E-state index >= 15 is 0 Å². The fourth-order valence-corrected chi connectivity index (χ4v) is 4.94. The van der Waals surface area contributed by atoms with Gasteiger partial charge in [-0.1, -0.05) is 54.6 Å². The van der Waals surface area contributed by atoms with E-state index in [-0.39, 0.29) is 0 Å². The minimum absolute atomic E-state index is 0.451. The third kappa shape index (κ3) is 3.69. The van der Waals surface area contributed by atoms with E-state index in [9.17, 15) is 5.26 Å². The second kappa shape index (κ2) is 8.71. The molecule has 0 fully saturated rings. The minimum atomic E-state index is 0.451. The first kappa shape index (κ1) is 22.2. The van der Waals surface area contributed by atoms with E-state index in [1.54, 1.807) is 12.1 Å². The third-order valence-electron chi connectivity index (χ3n) is 6.48. The zero-order chi connectivity index (χ0) is 25.5. The molecule has 6 rings (SSSR count). The van der Waals surface area contributed by atoms with Gasteiger partial charge in [0.1, 0.15) is 11.6 Å². The molecule has 2 heterocycles. The van der Waals surface area contributed by atoms with E-state index in [1.165, 1.54) is 0 Å². The third-order valence-corrected chi connectivity index (χ3v) is 6.48. The number of fused-ring (bicyclic) bond motifs is 3. The molecule has 0 aliphatic heterocycles. The van der Waals surface area contributed by atoms with Crippen LogP contribution in [0.4, 0.5) is 5.69 Å². The molecule has 0 aliphatic carbocycles. The number of benzene rings is 4. The fourth-order valence-electron chi connectivity index (χ4n) is 4.94. The van der Waals surface area contributed by atoms with Crippen LogP contribution >= 0.6 is 0 Å². The van der Waals surface area contributed by atoms with Gasteiger partial charge in [0.2, 0.25) is 0 Å². The Balaban J connectivity index is 1.67. The minimum Gasteiger partial charge on any atom is -0.308 e. The van der Waals surface area contributed by atoms with Crippen molar-refractivity contribution in [2.24, 2.45) is 0 Å². The first-order valence-electron chi connectivity index (χ1n) is 11.8. The first-order valence-corrected chi connectivity index (χ1v) is 11.8. The zero-order valence-corrected chi connectivity index (χ0v) is 20.3. The zero-order valence-electron chi connectivity index (χ0n) is 20.3. The SMILES string of the molecule is [C-]#[N+]c1ccc(-c2ccc3c4ccccc4n(-c4ccccc4-c4nc(C)nc(C)n4)c3c2)c(C#N)c1. The monoisotopic (exact) mass is 476 g/mol. The molecule has 0 spiro atoms. The highest BCUT2D eigenvalue weighted by molar-refractivity contribution is 6.10. The molecule has 0 saturated heterocycles. The van der Waals surface area contributed by atoms with Crippen LogP contribution in [0.1, 0.15) is 17.2 Å². The Morgan fingerprint density at radius 3 is 2.27 bits per heavy atom. The van der Waals surface area contributed by atoms with E-state index in [0.717, 1.165) is 44.2 Å². The number of hydrogen-bond donors (Lipinski definition) is 0. The maximum absolute atomic E-state index is 9.79. The summed E-state index contributed by atoms with van der Waals surface area (Å²) in [6.45, 7) is 11.0. The smallest absolute Gasteiger partial charge is 0.188 e. The van der Waals surface area contributed by atoms with E-state index in [0.29, 0.717) is 28.7 Å². The molecule has 0 amide bonds. The van der Waals surface area contributed by atoms with Crippen LogP contribution in [0.5, 0.6) is 0 Å². The highest BCUT2D eigenvalue weighted by atomic mass is 15.0. The molecule has 174 valence electrons. The molecule has 0 atom stereocenters. The molecule has 0 aliphatic rings. The van der Waals surface area contributed by atoms with E-state index < -0.39 is 0 Å². The Labute approximate surface area is 213 Å². The van der Waals surface area contributed by atoms with Gasteiger partial charge >= 0.3 is 0 Å². The van der Waals surface area contributed by atoms with Crippen molar-refractivity contribution < 1.29 is 0 Å². The molecule has 0 unspecified atom stereocenters. The predicted octanol–water partition coefficient (Wildman–Crippen LogP) is 7.34. The first-order chi connectivity index (χ1) is 18.1. The van der Waals surface area contributed by atoms with Crippen molar-refractivity contribution in [1.29, 1.82) is 5.26 Å². The summed E-state index contributed by atoms with van der Waals surface area (Å²) in [5.74, 6) is 1.98. The largest absolute Gasteiger partial charge is 0.308 e. The van der Waals surface area contributed by atoms with Crippen LogP contribution in [0.15, 0.2) is 84.9 Å². The van der Waals surface area contributed by atoms with Crippen LogP contribution in [0.25, 0.3) is 54.9 Å². The summed E-state index contributed by atoms with van der Waals surface area (Å²) in [7, 11) is 0. The van der Waals surface area contributed by atoms with E-state index in [1.807, 2.05) is 56.3 Å². The van der Waals surface area contributed by atoms with Crippen molar-refractivity contribution in [1.82, 2.24) is 19.5 Å². The number of para-hydroxylation sites is 2. The number of aromatic nitrogens is 4. The second-order valence-corrected chi connectivity index (χ2v) is 8.81. The molecule has 0 bridgehead atoms. The molecule has 6 aromatic rings. The normalized spacial score (nSPS) is 10.9.